The summed E-state index contributed by atoms with van der Waals surface area (Å²) in [6, 6.07) is 10.5. The molecule has 2 aliphatic rings. The maximum Gasteiger partial charge on any atom is 0.285 e. The predicted molar refractivity (Wildman–Crippen MR) is 172 cm³/mol. The van der Waals surface area contributed by atoms with E-state index in [0.717, 1.165) is 24.4 Å². The van der Waals surface area contributed by atoms with E-state index in [0.29, 0.717) is 70.1 Å². The van der Waals surface area contributed by atoms with Crippen LogP contribution in [0.2, 0.25) is 0 Å². The number of rotatable bonds is 9. The summed E-state index contributed by atoms with van der Waals surface area (Å²) in [5.41, 5.74) is 3.74. The van der Waals surface area contributed by atoms with Crippen LogP contribution >= 0.6 is 11.3 Å². The van der Waals surface area contributed by atoms with Crippen LogP contribution in [0.15, 0.2) is 47.8 Å². The van der Waals surface area contributed by atoms with Crippen LogP contribution in [0.3, 0.4) is 0 Å². The number of nitrogens with zero attached hydrogens (tertiary/aromatic N) is 4. The van der Waals surface area contributed by atoms with Gasteiger partial charge in [-0.1, -0.05) is 12.1 Å². The lowest BCUT2D eigenvalue weighted by Gasteiger charge is -2.34. The lowest BCUT2D eigenvalue weighted by Crippen LogP contribution is -2.41. The Morgan fingerprint density at radius 3 is 2.72 bits per heavy atom. The topological polar surface area (TPSA) is 84.7 Å². The maximum atomic E-state index is 15.9. The minimum atomic E-state index is -3.04. The third kappa shape index (κ3) is 5.80. The SMILES string of the molecule is COCCN1Cc2cc(-c3nc(-c4cc5n(n4)CCNC5C)c(-c4c(F)cc(F)cc4OCCO)c4sccc34)ccc2C(F)(F)C1. The van der Waals surface area contributed by atoms with E-state index in [-0.39, 0.29) is 36.1 Å². The first-order chi connectivity index (χ1) is 22.7. The Kier molecular flexibility index (Phi) is 8.51. The Bertz CT molecular complexity index is 1960. The fourth-order valence-corrected chi connectivity index (χ4v) is 7.51. The molecular formula is C34H33F4N5O3S. The van der Waals surface area contributed by atoms with E-state index in [9.17, 15) is 9.50 Å². The Balaban J connectivity index is 1.47. The molecule has 0 amide bonds. The summed E-state index contributed by atoms with van der Waals surface area (Å²) < 4.78 is 74.3. The molecule has 3 aromatic heterocycles. The van der Waals surface area contributed by atoms with Crippen LogP contribution in [0.1, 0.15) is 29.8 Å². The lowest BCUT2D eigenvalue weighted by atomic mass is 9.92. The highest BCUT2D eigenvalue weighted by Gasteiger charge is 2.40. The van der Waals surface area contributed by atoms with Gasteiger partial charge < -0.3 is 19.9 Å². The summed E-state index contributed by atoms with van der Waals surface area (Å²) in [7, 11) is 1.54. The molecule has 0 aliphatic carbocycles. The third-order valence-electron chi connectivity index (χ3n) is 8.70. The Labute approximate surface area is 272 Å². The van der Waals surface area contributed by atoms with Crippen LogP contribution < -0.4 is 10.1 Å². The highest BCUT2D eigenvalue weighted by atomic mass is 32.1. The average molecular weight is 668 g/mol. The largest absolute Gasteiger partial charge is 0.490 e. The third-order valence-corrected chi connectivity index (χ3v) is 9.63. The summed E-state index contributed by atoms with van der Waals surface area (Å²) in [5, 5.41) is 20.3. The van der Waals surface area contributed by atoms with Crippen LogP contribution in [-0.2, 0) is 23.7 Å². The first kappa shape index (κ1) is 31.7. The maximum absolute atomic E-state index is 15.9. The zero-order valence-electron chi connectivity index (χ0n) is 25.8. The number of hydrogen-bond acceptors (Lipinski definition) is 8. The molecule has 13 heteroatoms. The quantitative estimate of drug-likeness (QED) is 0.177. The highest BCUT2D eigenvalue weighted by Crippen LogP contribution is 2.48. The number of halogens is 4. The monoisotopic (exact) mass is 667 g/mol. The molecule has 1 unspecified atom stereocenters. The number of thiophene rings is 1. The molecule has 246 valence electrons. The molecule has 5 aromatic rings. The molecule has 2 aliphatic heterocycles. The first-order valence-electron chi connectivity index (χ1n) is 15.4. The number of benzene rings is 2. The van der Waals surface area contributed by atoms with Crippen LogP contribution in [-0.4, -0.2) is 71.3 Å². The molecule has 1 atom stereocenters. The highest BCUT2D eigenvalue weighted by molar-refractivity contribution is 7.18. The number of methoxy groups -OCH3 is 1. The van der Waals surface area contributed by atoms with Gasteiger partial charge in [0.15, 0.2) is 0 Å². The van der Waals surface area contributed by atoms with Crippen molar-refractivity contribution < 1.29 is 32.1 Å². The molecule has 0 spiro atoms. The molecule has 8 nitrogen and oxygen atoms in total. The summed E-state index contributed by atoms with van der Waals surface area (Å²) in [6.45, 7) is 3.47. The van der Waals surface area contributed by atoms with Crippen molar-refractivity contribution in [2.75, 3.05) is 46.6 Å². The molecule has 7 rings (SSSR count). The van der Waals surface area contributed by atoms with Gasteiger partial charge in [-0.25, -0.2) is 13.8 Å². The summed E-state index contributed by atoms with van der Waals surface area (Å²) in [4.78, 5) is 6.80. The van der Waals surface area contributed by atoms with Crippen molar-refractivity contribution in [2.24, 2.45) is 0 Å². The smallest absolute Gasteiger partial charge is 0.285 e. The van der Waals surface area contributed by atoms with E-state index < -0.39 is 24.1 Å². The van der Waals surface area contributed by atoms with Gasteiger partial charge in [0.05, 0.1) is 43.3 Å². The molecule has 5 heterocycles. The van der Waals surface area contributed by atoms with Gasteiger partial charge in [-0.15, -0.1) is 11.3 Å². The van der Waals surface area contributed by atoms with Crippen LogP contribution in [0.25, 0.3) is 43.9 Å². The Hall–Kier alpha value is -3.88. The number of pyridine rings is 1. The Morgan fingerprint density at radius 2 is 1.94 bits per heavy atom. The van der Waals surface area contributed by atoms with Gasteiger partial charge in [0, 0.05) is 71.7 Å². The number of aliphatic hydroxyl groups is 1. The van der Waals surface area contributed by atoms with Crippen molar-refractivity contribution in [1.82, 2.24) is 25.0 Å². The molecule has 0 bridgehead atoms. The van der Waals surface area contributed by atoms with Crippen LogP contribution in [0.5, 0.6) is 5.75 Å². The number of aromatic nitrogens is 3. The van der Waals surface area contributed by atoms with E-state index in [1.807, 2.05) is 29.1 Å². The van der Waals surface area contributed by atoms with Crippen molar-refractivity contribution in [3.8, 4) is 39.5 Å². The number of alkyl halides is 2. The van der Waals surface area contributed by atoms with Crippen molar-refractivity contribution in [2.45, 2.75) is 32.0 Å². The number of aliphatic hydroxyl groups excluding tert-OH is 1. The standard InChI is InChI=1S/C34H33F4N5O3S/c1-19-27-16-26(41-43(27)7-6-39-19)32-30(29-25(36)14-22(35)15-28(29)46-11-9-44)33-23(5-12-47-33)31(40-32)20-3-4-24-21(13-20)17-42(8-10-45-2)18-34(24,37)38/h3-5,12-16,19,39,44H,6-11,17-18H2,1-2H3. The average Bonchev–Trinajstić information content (AvgIpc) is 3.70. The molecule has 0 saturated carbocycles. The van der Waals surface area contributed by atoms with Gasteiger partial charge in [-0.05, 0) is 36.1 Å². The molecular weight excluding hydrogens is 634 g/mol. The predicted octanol–water partition coefficient (Wildman–Crippen LogP) is 6.36. The van der Waals surface area contributed by atoms with Crippen LogP contribution in [0, 0.1) is 11.6 Å². The van der Waals surface area contributed by atoms with Crippen molar-refractivity contribution in [3.63, 3.8) is 0 Å². The number of nitrogens with one attached hydrogen (secondary N) is 1. The molecule has 47 heavy (non-hydrogen) atoms. The van der Waals surface area contributed by atoms with Crippen molar-refractivity contribution in [3.05, 3.63) is 76.3 Å². The molecule has 0 fully saturated rings. The minimum Gasteiger partial charge on any atom is -0.490 e. The van der Waals surface area contributed by atoms with E-state index >= 15 is 13.2 Å². The van der Waals surface area contributed by atoms with Crippen molar-refractivity contribution in [1.29, 1.82) is 0 Å². The molecule has 2 aromatic carbocycles. The van der Waals surface area contributed by atoms with Gasteiger partial charge in [0.1, 0.15) is 35.4 Å². The van der Waals surface area contributed by atoms with Gasteiger partial charge in [-0.2, -0.15) is 13.9 Å². The minimum absolute atomic E-state index is 0.00244. The summed E-state index contributed by atoms with van der Waals surface area (Å²) >= 11 is 1.35. The number of ether oxygens (including phenoxy) is 2. The van der Waals surface area contributed by atoms with Gasteiger partial charge in [-0.3, -0.25) is 9.58 Å². The second kappa shape index (κ2) is 12.6. The van der Waals surface area contributed by atoms with Gasteiger partial charge in [0.25, 0.3) is 5.92 Å². The lowest BCUT2D eigenvalue weighted by molar-refractivity contribution is -0.0560. The number of hydrogen-bond donors (Lipinski definition) is 2. The first-order valence-corrected chi connectivity index (χ1v) is 16.2. The van der Waals surface area contributed by atoms with Gasteiger partial charge in [0.2, 0.25) is 0 Å². The molecule has 2 N–H and O–H groups in total. The fourth-order valence-electron chi connectivity index (χ4n) is 6.56. The fraction of sp³-hybridized carbons (Fsp3) is 0.353. The summed E-state index contributed by atoms with van der Waals surface area (Å²) in [5.74, 6) is -4.79. The van der Waals surface area contributed by atoms with E-state index in [1.165, 1.54) is 17.4 Å². The second-order valence-corrected chi connectivity index (χ2v) is 12.7. The second-order valence-electron chi connectivity index (χ2n) is 11.8. The van der Waals surface area contributed by atoms with E-state index in [2.05, 4.69) is 5.32 Å². The van der Waals surface area contributed by atoms with Gasteiger partial charge >= 0.3 is 0 Å². The van der Waals surface area contributed by atoms with Crippen LogP contribution in [0.4, 0.5) is 17.6 Å². The van der Waals surface area contributed by atoms with Crippen molar-refractivity contribution >= 4 is 21.4 Å². The van der Waals surface area contributed by atoms with E-state index in [1.54, 1.807) is 24.1 Å². The molecule has 0 saturated heterocycles. The Morgan fingerprint density at radius 1 is 1.09 bits per heavy atom. The summed E-state index contributed by atoms with van der Waals surface area (Å²) in [6.07, 6.45) is 0. The molecule has 0 radical (unpaired) electrons. The number of fused-ring (bicyclic) bond motifs is 3. The zero-order valence-corrected chi connectivity index (χ0v) is 26.6. The zero-order chi connectivity index (χ0) is 32.9. The normalized spacial score (nSPS) is 17.6. The van der Waals surface area contributed by atoms with E-state index in [4.69, 9.17) is 19.6 Å².